The van der Waals surface area contributed by atoms with Crippen LogP contribution in [0.15, 0.2) is 72.5 Å². The van der Waals surface area contributed by atoms with Crippen molar-refractivity contribution < 1.29 is 0 Å². The van der Waals surface area contributed by atoms with Gasteiger partial charge in [-0.1, -0.05) is 31.0 Å². The molecule has 1 saturated carbocycles. The minimum Gasteiger partial charge on any atom is -0.353 e. The van der Waals surface area contributed by atoms with Crippen LogP contribution in [0.1, 0.15) is 31.2 Å². The fourth-order valence-electron chi connectivity index (χ4n) is 5.57. The molecule has 1 fully saturated rings. The van der Waals surface area contributed by atoms with E-state index < -0.39 is 0 Å². The molecule has 7 heteroatoms. The van der Waals surface area contributed by atoms with Crippen LogP contribution >= 0.6 is 11.3 Å². The van der Waals surface area contributed by atoms with Gasteiger partial charge in [-0.25, -0.2) is 4.98 Å². The minimum absolute atomic E-state index is 0.776. The molecule has 184 valence electrons. The number of H-pyrrole nitrogens is 2. The zero-order valence-corrected chi connectivity index (χ0v) is 21.3. The Morgan fingerprint density at radius 1 is 0.946 bits per heavy atom. The molecule has 0 saturated heterocycles. The monoisotopic (exact) mass is 504 g/mol. The minimum atomic E-state index is 0.776. The predicted molar refractivity (Wildman–Crippen MR) is 151 cm³/mol. The molecule has 1 aromatic carbocycles. The number of nitrogens with one attached hydrogen (secondary N) is 3. The van der Waals surface area contributed by atoms with Gasteiger partial charge in [-0.05, 0) is 66.6 Å². The molecular weight excluding hydrogens is 476 g/mol. The molecule has 0 amide bonds. The Morgan fingerprint density at radius 3 is 2.76 bits per heavy atom. The first kappa shape index (κ1) is 22.4. The molecular formula is C30H28N6S. The third-order valence-corrected chi connectivity index (χ3v) is 8.39. The summed E-state index contributed by atoms with van der Waals surface area (Å²) in [5, 5.41) is 15.7. The summed E-state index contributed by atoms with van der Waals surface area (Å²) < 4.78 is 0. The first-order chi connectivity index (χ1) is 18.3. The van der Waals surface area contributed by atoms with E-state index in [0.717, 1.165) is 58.1 Å². The van der Waals surface area contributed by atoms with Crippen LogP contribution in [-0.2, 0) is 6.54 Å². The van der Waals surface area contributed by atoms with Crippen molar-refractivity contribution in [2.75, 3.05) is 6.54 Å². The maximum Gasteiger partial charge on any atom is 0.155 e. The first-order valence-corrected chi connectivity index (χ1v) is 13.8. The second kappa shape index (κ2) is 9.57. The normalized spacial score (nSPS) is 14.3. The van der Waals surface area contributed by atoms with Gasteiger partial charge in [0.2, 0.25) is 0 Å². The van der Waals surface area contributed by atoms with Crippen LogP contribution in [0.4, 0.5) is 0 Å². The molecule has 0 bridgehead atoms. The zero-order valence-electron chi connectivity index (χ0n) is 20.5. The molecule has 7 rings (SSSR count). The Morgan fingerprint density at radius 2 is 1.86 bits per heavy atom. The largest absolute Gasteiger partial charge is 0.353 e. The molecule has 3 N–H and O–H groups in total. The van der Waals surface area contributed by atoms with Crippen molar-refractivity contribution in [3.05, 3.63) is 78.1 Å². The van der Waals surface area contributed by atoms with Crippen molar-refractivity contribution in [1.82, 2.24) is 30.5 Å². The summed E-state index contributed by atoms with van der Waals surface area (Å²) in [7, 11) is 0. The van der Waals surface area contributed by atoms with Gasteiger partial charge in [-0.3, -0.25) is 10.1 Å². The summed E-state index contributed by atoms with van der Waals surface area (Å²) in [4.78, 5) is 14.1. The number of hydrogen-bond acceptors (Lipinski definition) is 5. The van der Waals surface area contributed by atoms with Gasteiger partial charge in [0.1, 0.15) is 5.69 Å². The summed E-state index contributed by atoms with van der Waals surface area (Å²) >= 11 is 1.76. The lowest BCUT2D eigenvalue weighted by Gasteiger charge is -2.11. The third kappa shape index (κ3) is 4.34. The number of thiophene rings is 1. The first-order valence-electron chi connectivity index (χ1n) is 13.0. The lowest BCUT2D eigenvalue weighted by atomic mass is 10.0. The van der Waals surface area contributed by atoms with Crippen LogP contribution in [0, 0.1) is 5.92 Å². The fourth-order valence-corrected chi connectivity index (χ4v) is 6.34. The van der Waals surface area contributed by atoms with Crippen LogP contribution in [0.25, 0.3) is 54.9 Å². The smallest absolute Gasteiger partial charge is 0.155 e. The number of nitrogens with zero attached hydrogens (tertiary/aromatic N) is 3. The van der Waals surface area contributed by atoms with E-state index in [1.165, 1.54) is 47.1 Å². The van der Waals surface area contributed by atoms with Crippen molar-refractivity contribution in [2.45, 2.75) is 32.2 Å². The zero-order chi connectivity index (χ0) is 24.6. The Labute approximate surface area is 219 Å². The van der Waals surface area contributed by atoms with Gasteiger partial charge in [0, 0.05) is 63.0 Å². The second-order valence-corrected chi connectivity index (χ2v) is 10.9. The summed E-state index contributed by atoms with van der Waals surface area (Å²) in [6.45, 7) is 1.93. The highest BCUT2D eigenvalue weighted by atomic mass is 32.1. The van der Waals surface area contributed by atoms with E-state index in [-0.39, 0.29) is 0 Å². The van der Waals surface area contributed by atoms with Gasteiger partial charge in [0.25, 0.3) is 0 Å². The van der Waals surface area contributed by atoms with Crippen LogP contribution in [0.5, 0.6) is 0 Å². The summed E-state index contributed by atoms with van der Waals surface area (Å²) in [5.74, 6) is 0.827. The number of pyridine rings is 2. The van der Waals surface area contributed by atoms with Crippen molar-refractivity contribution in [2.24, 2.45) is 5.92 Å². The number of aromatic amines is 2. The quantitative estimate of drug-likeness (QED) is 0.215. The molecule has 0 aliphatic heterocycles. The van der Waals surface area contributed by atoms with Crippen LogP contribution in [-0.4, -0.2) is 31.7 Å². The number of rotatable bonds is 7. The van der Waals surface area contributed by atoms with Gasteiger partial charge in [0.05, 0.1) is 5.69 Å². The lowest BCUT2D eigenvalue weighted by Crippen LogP contribution is -2.20. The number of fused-ring (bicyclic) bond motifs is 2. The molecule has 1 aliphatic rings. The fraction of sp³-hybridized carbons (Fsp3) is 0.233. The van der Waals surface area contributed by atoms with E-state index >= 15 is 0 Å². The van der Waals surface area contributed by atoms with E-state index in [2.05, 4.69) is 84.4 Å². The highest BCUT2D eigenvalue weighted by molar-refractivity contribution is 7.13. The SMILES string of the molecule is c1csc(-c2cccc3[nH]c(-c4n[nH]c5ncc(-c6cncc(CNCC7CCCC7)c6)cc45)cc23)c1. The van der Waals surface area contributed by atoms with E-state index in [4.69, 9.17) is 0 Å². The molecule has 0 atom stereocenters. The molecule has 37 heavy (non-hydrogen) atoms. The van der Waals surface area contributed by atoms with Crippen LogP contribution in [0.2, 0.25) is 0 Å². The summed E-state index contributed by atoms with van der Waals surface area (Å²) in [6, 6.07) is 17.2. The number of aromatic nitrogens is 5. The van der Waals surface area contributed by atoms with E-state index in [1.807, 2.05) is 18.6 Å². The molecule has 6 nitrogen and oxygen atoms in total. The average molecular weight is 505 g/mol. The maximum atomic E-state index is 4.69. The predicted octanol–water partition coefficient (Wildman–Crippen LogP) is 7.18. The third-order valence-electron chi connectivity index (χ3n) is 7.49. The van der Waals surface area contributed by atoms with E-state index in [1.54, 1.807) is 11.3 Å². The number of hydrogen-bond donors (Lipinski definition) is 3. The van der Waals surface area contributed by atoms with Crippen LogP contribution in [0.3, 0.4) is 0 Å². The van der Waals surface area contributed by atoms with E-state index in [9.17, 15) is 0 Å². The Balaban J connectivity index is 1.20. The highest BCUT2D eigenvalue weighted by Crippen LogP contribution is 2.36. The van der Waals surface area contributed by atoms with Gasteiger partial charge in [-0.2, -0.15) is 5.10 Å². The molecule has 0 spiro atoms. The van der Waals surface area contributed by atoms with Gasteiger partial charge in [-0.15, -0.1) is 11.3 Å². The average Bonchev–Trinajstić information content (AvgIpc) is 3.74. The van der Waals surface area contributed by atoms with Crippen LogP contribution < -0.4 is 5.32 Å². The van der Waals surface area contributed by atoms with E-state index in [0.29, 0.717) is 0 Å². The van der Waals surface area contributed by atoms with Crippen molar-refractivity contribution in [3.8, 4) is 33.0 Å². The van der Waals surface area contributed by atoms with Gasteiger partial charge >= 0.3 is 0 Å². The Hall–Kier alpha value is -3.81. The van der Waals surface area contributed by atoms with Crippen molar-refractivity contribution in [3.63, 3.8) is 0 Å². The molecule has 5 aromatic heterocycles. The Kier molecular flexibility index (Phi) is 5.79. The van der Waals surface area contributed by atoms with Gasteiger partial charge < -0.3 is 10.3 Å². The molecule has 1 aliphatic carbocycles. The molecule has 6 aromatic rings. The number of benzene rings is 1. The summed E-state index contributed by atoms with van der Waals surface area (Å²) in [6.07, 6.45) is 11.2. The molecule has 0 radical (unpaired) electrons. The topological polar surface area (TPSA) is 82.3 Å². The van der Waals surface area contributed by atoms with Crippen molar-refractivity contribution in [1.29, 1.82) is 0 Å². The standard InChI is InChI=1S/C30H28N6S/c1-2-6-19(5-1)14-31-15-20-11-21(17-32-16-20)22-12-25-29(35-36-30(25)33-18-22)27-13-24-23(28-9-4-10-37-28)7-3-8-26(24)34-27/h3-4,7-13,16-19,31,34H,1-2,5-6,14-15H2,(H,33,35,36). The summed E-state index contributed by atoms with van der Waals surface area (Å²) in [5.41, 5.74) is 8.26. The van der Waals surface area contributed by atoms with Gasteiger partial charge in [0.15, 0.2) is 5.65 Å². The maximum absolute atomic E-state index is 4.69. The Bertz CT molecular complexity index is 1670. The lowest BCUT2D eigenvalue weighted by molar-refractivity contribution is 0.489. The van der Waals surface area contributed by atoms with Crippen molar-refractivity contribution >= 4 is 33.3 Å². The molecule has 0 unspecified atom stereocenters. The second-order valence-electron chi connectivity index (χ2n) is 9.98. The molecule has 5 heterocycles. The highest BCUT2D eigenvalue weighted by Gasteiger charge is 2.16.